The highest BCUT2D eigenvalue weighted by atomic mass is 32.2. The number of ether oxygens (including phenoxy) is 1. The van der Waals surface area contributed by atoms with Crippen LogP contribution in [0.25, 0.3) is 0 Å². The van der Waals surface area contributed by atoms with Crippen molar-refractivity contribution in [2.45, 2.75) is 11.8 Å². The number of rotatable bonds is 6. The number of benzene rings is 2. The minimum Gasteiger partial charge on any atom is -0.497 e. The van der Waals surface area contributed by atoms with Crippen LogP contribution < -0.4 is 14.8 Å². The summed E-state index contributed by atoms with van der Waals surface area (Å²) in [5.74, 6) is 0.799. The summed E-state index contributed by atoms with van der Waals surface area (Å²) < 4.78 is 32.8. The van der Waals surface area contributed by atoms with Crippen LogP contribution in [0.4, 0.5) is 17.2 Å². The van der Waals surface area contributed by atoms with Crippen molar-refractivity contribution in [2.75, 3.05) is 17.1 Å². The molecule has 0 radical (unpaired) electrons. The molecule has 1 aromatic heterocycles. The average molecular weight is 394 g/mol. The predicted octanol–water partition coefficient (Wildman–Crippen LogP) is 3.81. The molecule has 1 heterocycles. The molecule has 0 bridgehead atoms. The van der Waals surface area contributed by atoms with Crippen LogP contribution in [0.2, 0.25) is 0 Å². The largest absolute Gasteiger partial charge is 0.497 e. The van der Waals surface area contributed by atoms with Crippen molar-refractivity contribution in [1.82, 2.24) is 4.98 Å². The number of hydrogen-bond donors (Lipinski definition) is 2. The van der Waals surface area contributed by atoms with E-state index in [2.05, 4.69) is 21.1 Å². The molecule has 0 aliphatic rings. The second-order valence-corrected chi connectivity index (χ2v) is 7.63. The molecule has 0 saturated carbocycles. The molecule has 0 fully saturated rings. The first-order chi connectivity index (χ1) is 13.4. The monoisotopic (exact) mass is 394 g/mol. The van der Waals surface area contributed by atoms with Gasteiger partial charge in [0.05, 0.1) is 35.5 Å². The van der Waals surface area contributed by atoms with E-state index in [0.29, 0.717) is 22.6 Å². The van der Waals surface area contributed by atoms with E-state index in [4.69, 9.17) is 10.00 Å². The van der Waals surface area contributed by atoms with E-state index in [1.165, 1.54) is 19.4 Å². The summed E-state index contributed by atoms with van der Waals surface area (Å²) in [6, 6.07) is 17.1. The molecule has 0 unspecified atom stereocenters. The minimum atomic E-state index is -3.77. The van der Waals surface area contributed by atoms with Crippen LogP contribution in [-0.4, -0.2) is 20.5 Å². The summed E-state index contributed by atoms with van der Waals surface area (Å²) in [7, 11) is -2.24. The quantitative estimate of drug-likeness (QED) is 0.659. The molecule has 3 aromatic rings. The van der Waals surface area contributed by atoms with Gasteiger partial charge in [0.15, 0.2) is 0 Å². The van der Waals surface area contributed by atoms with Gasteiger partial charge >= 0.3 is 0 Å². The van der Waals surface area contributed by atoms with Gasteiger partial charge < -0.3 is 10.1 Å². The van der Waals surface area contributed by atoms with Gasteiger partial charge in [0.2, 0.25) is 0 Å². The van der Waals surface area contributed by atoms with Crippen molar-refractivity contribution in [2.24, 2.45) is 0 Å². The van der Waals surface area contributed by atoms with Crippen molar-refractivity contribution in [1.29, 1.82) is 5.26 Å². The van der Waals surface area contributed by atoms with E-state index in [1.54, 1.807) is 55.5 Å². The number of aryl methyl sites for hydroxylation is 1. The number of methoxy groups -OCH3 is 1. The van der Waals surface area contributed by atoms with Crippen LogP contribution in [0.3, 0.4) is 0 Å². The number of nitriles is 1. The Labute approximate surface area is 163 Å². The molecular weight excluding hydrogens is 376 g/mol. The summed E-state index contributed by atoms with van der Waals surface area (Å²) in [5.41, 5.74) is 2.63. The van der Waals surface area contributed by atoms with E-state index in [-0.39, 0.29) is 10.7 Å². The van der Waals surface area contributed by atoms with Gasteiger partial charge in [-0.2, -0.15) is 5.26 Å². The lowest BCUT2D eigenvalue weighted by Gasteiger charge is -2.12. The lowest BCUT2D eigenvalue weighted by Crippen LogP contribution is -2.15. The fraction of sp³-hybridized carbons (Fsp3) is 0.100. The zero-order valence-electron chi connectivity index (χ0n) is 15.3. The van der Waals surface area contributed by atoms with Gasteiger partial charge in [-0.15, -0.1) is 0 Å². The Hall–Kier alpha value is -3.57. The van der Waals surface area contributed by atoms with Crippen LogP contribution in [-0.2, 0) is 10.0 Å². The Morgan fingerprint density at radius 2 is 1.75 bits per heavy atom. The molecule has 2 aromatic carbocycles. The van der Waals surface area contributed by atoms with Gasteiger partial charge in [-0.3, -0.25) is 4.72 Å². The van der Waals surface area contributed by atoms with E-state index < -0.39 is 10.0 Å². The van der Waals surface area contributed by atoms with Crippen LogP contribution >= 0.6 is 0 Å². The van der Waals surface area contributed by atoms with Crippen LogP contribution in [0, 0.1) is 18.3 Å². The van der Waals surface area contributed by atoms with Gasteiger partial charge in [0, 0.05) is 5.69 Å². The summed E-state index contributed by atoms with van der Waals surface area (Å²) in [6.07, 6.45) is 1.52. The van der Waals surface area contributed by atoms with Crippen molar-refractivity contribution in [3.05, 3.63) is 71.9 Å². The summed E-state index contributed by atoms with van der Waals surface area (Å²) in [5, 5.41) is 12.0. The number of anilines is 3. The number of aromatic nitrogens is 1. The Bertz CT molecular complexity index is 1120. The summed E-state index contributed by atoms with van der Waals surface area (Å²) in [6.45, 7) is 1.70. The number of hydrogen-bond acceptors (Lipinski definition) is 6. The van der Waals surface area contributed by atoms with Crippen LogP contribution in [0.5, 0.6) is 5.75 Å². The van der Waals surface area contributed by atoms with Gasteiger partial charge in [0.25, 0.3) is 10.0 Å². The molecule has 2 N–H and O–H groups in total. The molecule has 7 nitrogen and oxygen atoms in total. The first-order valence-corrected chi connectivity index (χ1v) is 9.80. The summed E-state index contributed by atoms with van der Waals surface area (Å²) >= 11 is 0. The standard InChI is InChI=1S/C20H18N4O3S/c1-14-11-18(27-2)8-9-19(14)28(25,26)24-20-10-7-17(13-22-20)23-16-5-3-15(12-21)4-6-16/h3-11,13,23H,1-2H3,(H,22,24). The maximum absolute atomic E-state index is 12.6. The zero-order valence-corrected chi connectivity index (χ0v) is 16.1. The van der Waals surface area contributed by atoms with Crippen LogP contribution in [0.1, 0.15) is 11.1 Å². The van der Waals surface area contributed by atoms with Gasteiger partial charge in [-0.05, 0) is 67.1 Å². The SMILES string of the molecule is COc1ccc(S(=O)(=O)Nc2ccc(Nc3ccc(C#N)cc3)cn2)c(C)c1. The highest BCUT2D eigenvalue weighted by Gasteiger charge is 2.18. The third-order valence-electron chi connectivity index (χ3n) is 3.98. The second kappa shape index (κ2) is 7.98. The smallest absolute Gasteiger partial charge is 0.263 e. The molecular formula is C20H18N4O3S. The number of nitrogens with zero attached hydrogens (tertiary/aromatic N) is 2. The van der Waals surface area contributed by atoms with Crippen molar-refractivity contribution < 1.29 is 13.2 Å². The molecule has 0 atom stereocenters. The van der Waals surface area contributed by atoms with E-state index in [0.717, 1.165) is 5.69 Å². The molecule has 0 aliphatic heterocycles. The third-order valence-corrected chi connectivity index (χ3v) is 5.49. The topological polar surface area (TPSA) is 104 Å². The van der Waals surface area contributed by atoms with Crippen molar-refractivity contribution in [3.8, 4) is 11.8 Å². The normalized spacial score (nSPS) is 10.8. The Morgan fingerprint density at radius 1 is 1.04 bits per heavy atom. The Morgan fingerprint density at radius 3 is 2.32 bits per heavy atom. The number of pyridine rings is 1. The second-order valence-electron chi connectivity index (χ2n) is 5.98. The van der Waals surface area contributed by atoms with E-state index in [1.807, 2.05) is 0 Å². The molecule has 0 saturated heterocycles. The lowest BCUT2D eigenvalue weighted by molar-refractivity contribution is 0.414. The Balaban J connectivity index is 1.73. The molecule has 0 aliphatic carbocycles. The summed E-state index contributed by atoms with van der Waals surface area (Å²) in [4.78, 5) is 4.31. The first-order valence-electron chi connectivity index (χ1n) is 8.32. The zero-order chi connectivity index (χ0) is 20.1. The van der Waals surface area contributed by atoms with Crippen LogP contribution in [0.15, 0.2) is 65.7 Å². The van der Waals surface area contributed by atoms with E-state index in [9.17, 15) is 8.42 Å². The fourth-order valence-corrected chi connectivity index (χ4v) is 3.80. The van der Waals surface area contributed by atoms with Gasteiger partial charge in [-0.25, -0.2) is 13.4 Å². The van der Waals surface area contributed by atoms with Gasteiger partial charge in [-0.1, -0.05) is 0 Å². The first kappa shape index (κ1) is 19.2. The molecule has 8 heteroatoms. The molecule has 0 spiro atoms. The van der Waals surface area contributed by atoms with E-state index >= 15 is 0 Å². The molecule has 3 rings (SSSR count). The highest BCUT2D eigenvalue weighted by Crippen LogP contribution is 2.23. The Kier molecular flexibility index (Phi) is 5.47. The maximum atomic E-state index is 12.6. The molecule has 28 heavy (non-hydrogen) atoms. The van der Waals surface area contributed by atoms with Crippen molar-refractivity contribution >= 4 is 27.2 Å². The fourth-order valence-electron chi connectivity index (χ4n) is 2.57. The number of nitrogens with one attached hydrogen (secondary N) is 2. The molecule has 142 valence electrons. The van der Waals surface area contributed by atoms with Crippen molar-refractivity contribution in [3.63, 3.8) is 0 Å². The lowest BCUT2D eigenvalue weighted by atomic mass is 10.2. The highest BCUT2D eigenvalue weighted by molar-refractivity contribution is 7.92. The third kappa shape index (κ3) is 4.39. The average Bonchev–Trinajstić information content (AvgIpc) is 2.69. The maximum Gasteiger partial charge on any atom is 0.263 e. The number of sulfonamides is 1. The minimum absolute atomic E-state index is 0.162. The van der Waals surface area contributed by atoms with Gasteiger partial charge in [0.1, 0.15) is 11.6 Å². The predicted molar refractivity (Wildman–Crippen MR) is 107 cm³/mol. The molecule has 0 amide bonds.